The van der Waals surface area contributed by atoms with Crippen molar-refractivity contribution >= 4 is 11.8 Å². The highest BCUT2D eigenvalue weighted by atomic mass is 16.7. The van der Waals surface area contributed by atoms with Crippen molar-refractivity contribution in [1.29, 1.82) is 0 Å². The zero-order valence-electron chi connectivity index (χ0n) is 32.9. The third-order valence-electron chi connectivity index (χ3n) is 11.0. The number of ether oxygens (including phenoxy) is 1. The van der Waals surface area contributed by atoms with Crippen molar-refractivity contribution in [1.82, 2.24) is 9.96 Å². The van der Waals surface area contributed by atoms with Crippen LogP contribution in [0.1, 0.15) is 204 Å². The molecular weight excluding hydrogens is 584 g/mol. The molecule has 2 aliphatic rings. The lowest BCUT2D eigenvalue weighted by molar-refractivity contribution is -0.286. The summed E-state index contributed by atoms with van der Waals surface area (Å²) in [5, 5.41) is 2.20. The smallest absolute Gasteiger partial charge is 0.306 e. The molecule has 0 aromatic rings. The molecule has 2 heterocycles. The molecule has 0 radical (unpaired) electrons. The number of nitrogens with zero attached hydrogens (tertiary/aromatic N) is 2. The van der Waals surface area contributed by atoms with Crippen LogP contribution in [-0.2, 0) is 19.2 Å². The normalized spacial score (nSPS) is 21.6. The van der Waals surface area contributed by atoms with Crippen molar-refractivity contribution in [2.45, 2.75) is 232 Å². The van der Waals surface area contributed by atoms with Gasteiger partial charge in [-0.25, -0.2) is 0 Å². The van der Waals surface area contributed by atoms with Crippen molar-refractivity contribution in [2.75, 3.05) is 13.2 Å². The average molecular weight is 663 g/mol. The van der Waals surface area contributed by atoms with Gasteiger partial charge in [0.1, 0.15) is 11.9 Å². The third-order valence-corrected chi connectivity index (χ3v) is 11.0. The Labute approximate surface area is 291 Å². The van der Waals surface area contributed by atoms with Crippen molar-refractivity contribution < 1.29 is 19.2 Å². The molecule has 0 aliphatic carbocycles. The summed E-state index contributed by atoms with van der Waals surface area (Å²) in [6.45, 7) is 24.6. The Balaban J connectivity index is 1.70. The average Bonchev–Trinajstić information content (AvgIpc) is 2.95. The molecule has 0 N–H and O–H groups in total. The number of carbonyl (C=O) groups is 2. The summed E-state index contributed by atoms with van der Waals surface area (Å²) >= 11 is 0. The molecule has 2 fully saturated rings. The van der Waals surface area contributed by atoms with E-state index in [-0.39, 0.29) is 40.1 Å². The minimum atomic E-state index is -0.179. The zero-order chi connectivity index (χ0) is 35.1. The second kappa shape index (κ2) is 20.0. The quantitative estimate of drug-likeness (QED) is 0.0801. The van der Waals surface area contributed by atoms with Crippen LogP contribution < -0.4 is 0 Å². The van der Waals surface area contributed by atoms with E-state index >= 15 is 0 Å². The predicted octanol–water partition coefficient (Wildman–Crippen LogP) is 11.0. The van der Waals surface area contributed by atoms with Crippen molar-refractivity contribution in [3.05, 3.63) is 0 Å². The Morgan fingerprint density at radius 2 is 1.04 bits per heavy atom. The van der Waals surface area contributed by atoms with Crippen LogP contribution in [0.15, 0.2) is 0 Å². The van der Waals surface area contributed by atoms with Crippen LogP contribution in [0.2, 0.25) is 0 Å². The maximum Gasteiger partial charge on any atom is 0.306 e. The van der Waals surface area contributed by atoms with Crippen molar-refractivity contribution in [3.8, 4) is 0 Å². The lowest BCUT2D eigenvalue weighted by atomic mass is 9.73. The van der Waals surface area contributed by atoms with Gasteiger partial charge in [0.25, 0.3) is 0 Å². The number of hydroxylamine groups is 2. The van der Waals surface area contributed by atoms with Gasteiger partial charge in [0.05, 0.1) is 6.61 Å². The van der Waals surface area contributed by atoms with Crippen molar-refractivity contribution in [3.63, 3.8) is 0 Å². The fraction of sp³-hybridized carbons (Fsp3) is 0.951. The van der Waals surface area contributed by atoms with E-state index < -0.39 is 0 Å². The molecule has 6 heteroatoms. The molecule has 2 rings (SSSR count). The van der Waals surface area contributed by atoms with E-state index in [1.165, 1.54) is 70.6 Å². The number of carbonyl (C=O) groups excluding carboxylic acids is 2. The monoisotopic (exact) mass is 663 g/mol. The van der Waals surface area contributed by atoms with Crippen molar-refractivity contribution in [2.24, 2.45) is 5.92 Å². The van der Waals surface area contributed by atoms with Gasteiger partial charge >= 0.3 is 5.97 Å². The maximum absolute atomic E-state index is 13.3. The topological polar surface area (TPSA) is 59.1 Å². The van der Waals surface area contributed by atoms with Gasteiger partial charge in [-0.05, 0) is 100 Å². The maximum atomic E-state index is 13.3. The molecule has 0 amide bonds. The van der Waals surface area contributed by atoms with Crippen LogP contribution in [0.3, 0.4) is 0 Å². The second-order valence-electron chi connectivity index (χ2n) is 17.7. The third kappa shape index (κ3) is 14.4. The molecule has 276 valence electrons. The lowest BCUT2D eigenvalue weighted by Crippen LogP contribution is -2.62. The van der Waals surface area contributed by atoms with E-state index in [0.717, 1.165) is 64.5 Å². The molecule has 2 aliphatic heterocycles. The number of Topliss-reactive ketones (excluding diaryl/α,β-unsaturated/α-hetero) is 1. The Bertz CT molecular complexity index is 875. The Hall–Kier alpha value is -0.980. The SMILES string of the molecule is CCCCCCCCON1C(C)(C)CC(C(=O)CCCCCC(=O)OC2CC(C)(C)N(CCCCCCCC)C(C)(C)C2)CC1(C)C. The number of likely N-dealkylation sites (tertiary alicyclic amines) is 1. The first-order valence-corrected chi connectivity index (χ1v) is 20.0. The van der Waals surface area contributed by atoms with Crippen LogP contribution in [0.4, 0.5) is 0 Å². The summed E-state index contributed by atoms with van der Waals surface area (Å²) in [7, 11) is 0. The van der Waals surface area contributed by atoms with E-state index in [2.05, 4.69) is 79.2 Å². The van der Waals surface area contributed by atoms with E-state index in [1.54, 1.807) is 0 Å². The highest BCUT2D eigenvalue weighted by molar-refractivity contribution is 5.81. The van der Waals surface area contributed by atoms with Crippen LogP contribution in [0.5, 0.6) is 0 Å². The lowest BCUT2D eigenvalue weighted by Gasteiger charge is -2.55. The largest absolute Gasteiger partial charge is 0.462 e. The van der Waals surface area contributed by atoms with Gasteiger partial charge in [-0.2, -0.15) is 5.06 Å². The summed E-state index contributed by atoms with van der Waals surface area (Å²) in [4.78, 5) is 35.2. The van der Waals surface area contributed by atoms with Gasteiger partial charge in [-0.1, -0.05) is 84.5 Å². The summed E-state index contributed by atoms with van der Waals surface area (Å²) in [5.74, 6) is 0.369. The van der Waals surface area contributed by atoms with Crippen LogP contribution in [0, 0.1) is 5.92 Å². The van der Waals surface area contributed by atoms with Gasteiger partial charge in [0.2, 0.25) is 0 Å². The Morgan fingerprint density at radius 3 is 1.60 bits per heavy atom. The summed E-state index contributed by atoms with van der Waals surface area (Å²) in [6, 6.07) is 0. The van der Waals surface area contributed by atoms with Crippen LogP contribution in [0.25, 0.3) is 0 Å². The zero-order valence-corrected chi connectivity index (χ0v) is 32.9. The number of hydrogen-bond acceptors (Lipinski definition) is 6. The standard InChI is InChI=1S/C41H78N2O4/c1-11-13-15-17-19-24-28-42-38(3,4)32-35(33-39(42,5)6)47-37(45)27-23-21-22-26-36(44)34-30-40(7,8)43(41(9,10)31-34)46-29-25-20-18-16-14-12-2/h34-35H,11-33H2,1-10H3. The molecule has 47 heavy (non-hydrogen) atoms. The summed E-state index contributed by atoms with van der Waals surface area (Å²) in [6.07, 6.45) is 22.4. The molecule has 0 saturated carbocycles. The minimum Gasteiger partial charge on any atom is -0.462 e. The predicted molar refractivity (Wildman–Crippen MR) is 197 cm³/mol. The van der Waals surface area contributed by atoms with Gasteiger partial charge < -0.3 is 4.74 Å². The number of esters is 1. The van der Waals surface area contributed by atoms with E-state index in [0.29, 0.717) is 18.6 Å². The Morgan fingerprint density at radius 1 is 0.574 bits per heavy atom. The number of piperidine rings is 2. The molecule has 6 nitrogen and oxygen atoms in total. The van der Waals surface area contributed by atoms with Crippen LogP contribution in [-0.4, -0.2) is 63.1 Å². The van der Waals surface area contributed by atoms with E-state index in [1.807, 2.05) is 0 Å². The molecule has 2 saturated heterocycles. The molecule has 0 unspecified atom stereocenters. The molecule has 0 spiro atoms. The molecular formula is C41H78N2O4. The van der Waals surface area contributed by atoms with Crippen LogP contribution >= 0.6 is 0 Å². The first kappa shape index (κ1) is 42.2. The van der Waals surface area contributed by atoms with E-state index in [9.17, 15) is 9.59 Å². The highest BCUT2D eigenvalue weighted by Crippen LogP contribution is 2.43. The van der Waals surface area contributed by atoms with Gasteiger partial charge in [-0.15, -0.1) is 0 Å². The fourth-order valence-corrected chi connectivity index (χ4v) is 9.04. The van der Waals surface area contributed by atoms with E-state index in [4.69, 9.17) is 9.57 Å². The summed E-state index contributed by atoms with van der Waals surface area (Å²) in [5.41, 5.74) is -0.339. The Kier molecular flexibility index (Phi) is 18.0. The number of ketones is 1. The highest BCUT2D eigenvalue weighted by Gasteiger charge is 2.48. The number of hydrogen-bond donors (Lipinski definition) is 0. The molecule has 0 atom stereocenters. The first-order valence-electron chi connectivity index (χ1n) is 20.0. The minimum absolute atomic E-state index is 0.00969. The van der Waals surface area contributed by atoms with Gasteiger partial charge in [-0.3, -0.25) is 19.3 Å². The number of rotatable bonds is 23. The summed E-state index contributed by atoms with van der Waals surface area (Å²) < 4.78 is 6.07. The first-order chi connectivity index (χ1) is 22.1. The van der Waals surface area contributed by atoms with Gasteiger partial charge in [0.15, 0.2) is 0 Å². The number of unbranched alkanes of at least 4 members (excludes halogenated alkanes) is 12. The molecule has 0 aromatic carbocycles. The molecule has 0 bridgehead atoms. The fourth-order valence-electron chi connectivity index (χ4n) is 9.04. The van der Waals surface area contributed by atoms with Gasteiger partial charge in [0, 0.05) is 53.8 Å². The second-order valence-corrected chi connectivity index (χ2v) is 17.7. The molecule has 0 aromatic heterocycles.